The smallest absolute Gasteiger partial charge is 0.314 e. The van der Waals surface area contributed by atoms with Crippen molar-refractivity contribution in [3.63, 3.8) is 0 Å². The van der Waals surface area contributed by atoms with E-state index in [-0.39, 0.29) is 5.78 Å². The van der Waals surface area contributed by atoms with E-state index in [1.54, 1.807) is 0 Å². The van der Waals surface area contributed by atoms with Gasteiger partial charge in [0.25, 0.3) is 0 Å². The quantitative estimate of drug-likeness (QED) is 0.638. The number of rotatable bonds is 2. The maximum Gasteiger partial charge on any atom is 0.314 e. The van der Waals surface area contributed by atoms with Gasteiger partial charge in [0.1, 0.15) is 11.7 Å². The monoisotopic (exact) mass is 170 g/mol. The number of hydrogen-bond donors (Lipinski definition) is 1. The van der Waals surface area contributed by atoms with Crippen LogP contribution in [0.25, 0.3) is 0 Å². The highest BCUT2D eigenvalue weighted by atomic mass is 16.4. The van der Waals surface area contributed by atoms with Crippen molar-refractivity contribution < 1.29 is 14.7 Å². The normalized spacial score (nSPS) is 30.2. The van der Waals surface area contributed by atoms with E-state index in [9.17, 15) is 9.59 Å². The van der Waals surface area contributed by atoms with Crippen LogP contribution in [0.1, 0.15) is 32.6 Å². The average Bonchev–Trinajstić information content (AvgIpc) is 2.05. The van der Waals surface area contributed by atoms with Crippen LogP contribution in [0.2, 0.25) is 0 Å². The minimum atomic E-state index is -0.946. The van der Waals surface area contributed by atoms with E-state index in [4.69, 9.17) is 5.11 Å². The van der Waals surface area contributed by atoms with E-state index in [0.29, 0.717) is 18.8 Å². The van der Waals surface area contributed by atoms with Crippen LogP contribution >= 0.6 is 0 Å². The number of aliphatic carboxylic acids is 1. The highest BCUT2D eigenvalue weighted by Crippen LogP contribution is 2.28. The summed E-state index contributed by atoms with van der Waals surface area (Å²) in [5.41, 5.74) is 0. The molecule has 1 rings (SSSR count). The molecule has 1 saturated carbocycles. The lowest BCUT2D eigenvalue weighted by Gasteiger charge is -2.24. The van der Waals surface area contributed by atoms with Gasteiger partial charge in [-0.15, -0.1) is 0 Å². The van der Waals surface area contributed by atoms with Gasteiger partial charge in [-0.05, 0) is 18.8 Å². The lowest BCUT2D eigenvalue weighted by molar-refractivity contribution is -0.148. The third-order valence-corrected chi connectivity index (χ3v) is 2.63. The van der Waals surface area contributed by atoms with E-state index >= 15 is 0 Å². The van der Waals surface area contributed by atoms with Gasteiger partial charge in [0.15, 0.2) is 0 Å². The topological polar surface area (TPSA) is 54.4 Å². The fourth-order valence-electron chi connectivity index (χ4n) is 1.71. The Labute approximate surface area is 71.8 Å². The molecule has 3 heteroatoms. The summed E-state index contributed by atoms with van der Waals surface area (Å²) in [6.45, 7) is 2.04. The molecular weight excluding hydrogens is 156 g/mol. The van der Waals surface area contributed by atoms with Gasteiger partial charge < -0.3 is 5.11 Å². The molecule has 0 heterocycles. The van der Waals surface area contributed by atoms with Crippen molar-refractivity contribution in [2.45, 2.75) is 32.6 Å². The molecule has 0 saturated heterocycles. The minimum Gasteiger partial charge on any atom is -0.481 e. The zero-order valence-corrected chi connectivity index (χ0v) is 7.25. The minimum absolute atomic E-state index is 0.0906. The summed E-state index contributed by atoms with van der Waals surface area (Å²) < 4.78 is 0. The van der Waals surface area contributed by atoms with E-state index in [1.807, 2.05) is 6.92 Å². The lowest BCUT2D eigenvalue weighted by atomic mass is 9.79. The first kappa shape index (κ1) is 9.23. The van der Waals surface area contributed by atoms with Gasteiger partial charge >= 0.3 is 5.97 Å². The summed E-state index contributed by atoms with van der Waals surface area (Å²) in [6, 6.07) is 0. The molecule has 68 valence electrons. The Morgan fingerprint density at radius 2 is 2.33 bits per heavy atom. The summed E-state index contributed by atoms with van der Waals surface area (Å²) in [6.07, 6.45) is 2.86. The SMILES string of the molecule is CC[C@H]1CCC(=O)[C@@H](C(=O)O)C1. The Morgan fingerprint density at radius 3 is 2.83 bits per heavy atom. The number of carbonyl (C=O) groups excluding carboxylic acids is 1. The van der Waals surface area contributed by atoms with Crippen LogP contribution in [0.4, 0.5) is 0 Å². The lowest BCUT2D eigenvalue weighted by Crippen LogP contribution is -2.30. The van der Waals surface area contributed by atoms with Gasteiger partial charge in [-0.3, -0.25) is 9.59 Å². The molecule has 0 aromatic rings. The van der Waals surface area contributed by atoms with Crippen molar-refractivity contribution in [2.24, 2.45) is 11.8 Å². The Morgan fingerprint density at radius 1 is 1.67 bits per heavy atom. The molecule has 0 bridgehead atoms. The van der Waals surface area contributed by atoms with Crippen molar-refractivity contribution in [2.75, 3.05) is 0 Å². The van der Waals surface area contributed by atoms with Crippen LogP contribution in [-0.2, 0) is 9.59 Å². The second-order valence-electron chi connectivity index (χ2n) is 3.41. The predicted octanol–water partition coefficient (Wildman–Crippen LogP) is 1.47. The van der Waals surface area contributed by atoms with Crippen LogP contribution in [-0.4, -0.2) is 16.9 Å². The van der Waals surface area contributed by atoms with Crippen LogP contribution < -0.4 is 0 Å². The molecule has 1 aliphatic rings. The highest BCUT2D eigenvalue weighted by Gasteiger charge is 2.32. The van der Waals surface area contributed by atoms with Crippen molar-refractivity contribution >= 4 is 11.8 Å². The summed E-state index contributed by atoms with van der Waals surface area (Å²) in [4.78, 5) is 21.7. The standard InChI is InChI=1S/C9H14O3/c1-2-6-3-4-8(10)7(5-6)9(11)12/h6-7H,2-5H2,1H3,(H,11,12)/t6-,7-/m0/s1. The largest absolute Gasteiger partial charge is 0.481 e. The maximum absolute atomic E-state index is 11.1. The van der Waals surface area contributed by atoms with Gasteiger partial charge in [-0.25, -0.2) is 0 Å². The Hall–Kier alpha value is -0.860. The number of ketones is 1. The number of hydrogen-bond acceptors (Lipinski definition) is 2. The van der Waals surface area contributed by atoms with Gasteiger partial charge in [-0.2, -0.15) is 0 Å². The molecule has 2 atom stereocenters. The Balaban J connectivity index is 2.59. The van der Waals surface area contributed by atoms with E-state index in [2.05, 4.69) is 0 Å². The molecule has 0 amide bonds. The third kappa shape index (κ3) is 1.84. The molecule has 0 aliphatic heterocycles. The van der Waals surface area contributed by atoms with Crippen LogP contribution in [0.5, 0.6) is 0 Å². The second kappa shape index (κ2) is 3.70. The van der Waals surface area contributed by atoms with Gasteiger partial charge in [0.05, 0.1) is 0 Å². The summed E-state index contributed by atoms with van der Waals surface area (Å²) in [7, 11) is 0. The average molecular weight is 170 g/mol. The highest BCUT2D eigenvalue weighted by molar-refractivity contribution is 5.98. The maximum atomic E-state index is 11.1. The van der Waals surface area contributed by atoms with Crippen LogP contribution in [0, 0.1) is 11.8 Å². The number of carboxylic acid groups (broad SMARTS) is 1. The van der Waals surface area contributed by atoms with Crippen molar-refractivity contribution in [3.8, 4) is 0 Å². The molecule has 1 fully saturated rings. The van der Waals surface area contributed by atoms with Gasteiger partial charge in [0, 0.05) is 6.42 Å². The zero-order chi connectivity index (χ0) is 9.14. The molecule has 12 heavy (non-hydrogen) atoms. The first-order valence-corrected chi connectivity index (χ1v) is 4.40. The van der Waals surface area contributed by atoms with E-state index < -0.39 is 11.9 Å². The van der Waals surface area contributed by atoms with Crippen molar-refractivity contribution in [1.82, 2.24) is 0 Å². The summed E-state index contributed by atoms with van der Waals surface area (Å²) >= 11 is 0. The molecule has 1 N–H and O–H groups in total. The first-order valence-electron chi connectivity index (χ1n) is 4.40. The number of carboxylic acids is 1. The first-order chi connectivity index (χ1) is 5.65. The Kier molecular flexibility index (Phi) is 2.84. The molecular formula is C9H14O3. The van der Waals surface area contributed by atoms with Crippen LogP contribution in [0.15, 0.2) is 0 Å². The van der Waals surface area contributed by atoms with Crippen molar-refractivity contribution in [3.05, 3.63) is 0 Å². The molecule has 0 spiro atoms. The second-order valence-corrected chi connectivity index (χ2v) is 3.41. The molecule has 0 aromatic heterocycles. The Bertz CT molecular complexity index is 198. The molecule has 3 nitrogen and oxygen atoms in total. The summed E-state index contributed by atoms with van der Waals surface area (Å²) in [5, 5.41) is 8.70. The number of carbonyl (C=O) groups is 2. The zero-order valence-electron chi connectivity index (χ0n) is 7.25. The van der Waals surface area contributed by atoms with Gasteiger partial charge in [0.2, 0.25) is 0 Å². The van der Waals surface area contributed by atoms with Crippen molar-refractivity contribution in [1.29, 1.82) is 0 Å². The third-order valence-electron chi connectivity index (χ3n) is 2.63. The molecule has 0 unspecified atom stereocenters. The molecule has 0 radical (unpaired) electrons. The number of Topliss-reactive ketones (excluding diaryl/α,β-unsaturated/α-hetero) is 1. The summed E-state index contributed by atoms with van der Waals surface area (Å²) in [5.74, 6) is -1.32. The molecule has 1 aliphatic carbocycles. The van der Waals surface area contributed by atoms with Crippen LogP contribution in [0.3, 0.4) is 0 Å². The van der Waals surface area contributed by atoms with E-state index in [1.165, 1.54) is 0 Å². The fourth-order valence-corrected chi connectivity index (χ4v) is 1.71. The predicted molar refractivity (Wildman–Crippen MR) is 43.8 cm³/mol. The van der Waals surface area contributed by atoms with Gasteiger partial charge in [-0.1, -0.05) is 13.3 Å². The fraction of sp³-hybridized carbons (Fsp3) is 0.778. The van der Waals surface area contributed by atoms with E-state index in [0.717, 1.165) is 12.8 Å². The molecule has 0 aromatic carbocycles.